The van der Waals surface area contributed by atoms with E-state index in [-0.39, 0.29) is 93.2 Å². The molecule has 2 aromatic rings. The van der Waals surface area contributed by atoms with Crippen molar-refractivity contribution in [2.24, 2.45) is 0 Å². The minimum Gasteiger partial charge on any atom is -0.744 e. The van der Waals surface area contributed by atoms with E-state index >= 15 is 0 Å². The fourth-order valence-electron chi connectivity index (χ4n) is 3.31. The van der Waals surface area contributed by atoms with Crippen molar-refractivity contribution >= 4 is 32.2 Å². The SMILES string of the molecule is O=C(CCCCCCCCCCC(=O)Oc1ccc(S(=O)(=O)[O-])cc1)Oc1ccc(S(=O)(=O)[O-])cc1.[Na+].[Na+]. The Morgan fingerprint density at radius 1 is 0.526 bits per heavy atom. The second-order valence-electron chi connectivity index (χ2n) is 8.13. The van der Waals surface area contributed by atoms with Gasteiger partial charge in [0.2, 0.25) is 0 Å². The van der Waals surface area contributed by atoms with Gasteiger partial charge in [0.1, 0.15) is 31.7 Å². The molecule has 0 spiro atoms. The molecule has 0 fully saturated rings. The van der Waals surface area contributed by atoms with Gasteiger partial charge in [-0.3, -0.25) is 9.59 Å². The summed E-state index contributed by atoms with van der Waals surface area (Å²) in [6.45, 7) is 0. The Morgan fingerprint density at radius 3 is 1.05 bits per heavy atom. The standard InChI is InChI=1S/C24H30O10S2.2Na/c25-23(33-19-11-15-21(16-12-19)35(27,28)29)9-7-5-3-1-2-4-6-8-10-24(26)34-20-13-17-22(18-14-20)36(30,31)32;;/h11-18H,1-10H2,(H,27,28,29)(H,30,31,32);;/q;2*+1/p-2. The normalized spacial score (nSPS) is 11.1. The van der Waals surface area contributed by atoms with Crippen LogP contribution in [0.3, 0.4) is 0 Å². The van der Waals surface area contributed by atoms with Crippen LogP contribution in [0.25, 0.3) is 0 Å². The van der Waals surface area contributed by atoms with Crippen LogP contribution in [0.4, 0.5) is 0 Å². The smallest absolute Gasteiger partial charge is 0.744 e. The van der Waals surface area contributed by atoms with Gasteiger partial charge in [0.15, 0.2) is 0 Å². The number of hydrogen-bond acceptors (Lipinski definition) is 10. The maximum Gasteiger partial charge on any atom is 1.00 e. The van der Waals surface area contributed by atoms with Gasteiger partial charge in [-0.1, -0.05) is 38.5 Å². The molecule has 38 heavy (non-hydrogen) atoms. The molecule has 2 rings (SSSR count). The predicted octanol–water partition coefficient (Wildman–Crippen LogP) is -2.09. The molecular weight excluding hydrogens is 558 g/mol. The molecule has 0 heterocycles. The van der Waals surface area contributed by atoms with Crippen LogP contribution < -0.4 is 68.6 Å². The van der Waals surface area contributed by atoms with Crippen LogP contribution in [0.2, 0.25) is 0 Å². The van der Waals surface area contributed by atoms with Crippen molar-refractivity contribution in [2.45, 2.75) is 74.0 Å². The van der Waals surface area contributed by atoms with Crippen LogP contribution in [0, 0.1) is 0 Å². The summed E-state index contributed by atoms with van der Waals surface area (Å²) in [4.78, 5) is 22.9. The number of hydrogen-bond donors (Lipinski definition) is 0. The summed E-state index contributed by atoms with van der Waals surface area (Å²) in [7, 11) is -9.07. The monoisotopic (exact) mass is 586 g/mol. The molecule has 2 aromatic carbocycles. The Balaban J connectivity index is 0.00000684. The fraction of sp³-hybridized carbons (Fsp3) is 0.417. The summed E-state index contributed by atoms with van der Waals surface area (Å²) in [5.41, 5.74) is 0. The first kappa shape index (κ1) is 37.2. The van der Waals surface area contributed by atoms with Crippen molar-refractivity contribution in [1.82, 2.24) is 0 Å². The zero-order valence-corrected chi connectivity index (χ0v) is 27.2. The van der Waals surface area contributed by atoms with E-state index in [4.69, 9.17) is 9.47 Å². The van der Waals surface area contributed by atoms with E-state index in [1.165, 1.54) is 24.3 Å². The third kappa shape index (κ3) is 15.1. The molecule has 14 heteroatoms. The van der Waals surface area contributed by atoms with Gasteiger partial charge in [0.25, 0.3) is 0 Å². The largest absolute Gasteiger partial charge is 1.00 e. The number of benzene rings is 2. The molecule has 0 N–H and O–H groups in total. The van der Waals surface area contributed by atoms with E-state index < -0.39 is 32.2 Å². The minimum absolute atomic E-state index is 0. The van der Waals surface area contributed by atoms with Crippen LogP contribution in [-0.2, 0) is 29.8 Å². The first-order valence-electron chi connectivity index (χ1n) is 11.5. The molecule has 0 aliphatic rings. The summed E-state index contributed by atoms with van der Waals surface area (Å²) in [6.07, 6.45) is 7.44. The van der Waals surface area contributed by atoms with Gasteiger partial charge in [-0.05, 0) is 61.4 Å². The van der Waals surface area contributed by atoms with Crippen LogP contribution >= 0.6 is 0 Å². The number of ether oxygens (including phenoxy) is 2. The molecule has 10 nitrogen and oxygen atoms in total. The van der Waals surface area contributed by atoms with E-state index in [2.05, 4.69) is 0 Å². The van der Waals surface area contributed by atoms with Gasteiger partial charge in [0.05, 0.1) is 9.79 Å². The number of rotatable bonds is 15. The van der Waals surface area contributed by atoms with Crippen molar-refractivity contribution in [1.29, 1.82) is 0 Å². The summed E-state index contributed by atoms with van der Waals surface area (Å²) < 4.78 is 75.5. The van der Waals surface area contributed by atoms with Crippen molar-refractivity contribution in [3.05, 3.63) is 48.5 Å². The Hall–Kier alpha value is -0.800. The summed E-state index contributed by atoms with van der Waals surface area (Å²) in [6, 6.07) is 9.46. The Kier molecular flexibility index (Phi) is 18.1. The molecule has 0 radical (unpaired) electrons. The molecule has 0 aliphatic heterocycles. The van der Waals surface area contributed by atoms with Gasteiger partial charge in [-0.15, -0.1) is 0 Å². The molecule has 198 valence electrons. The minimum atomic E-state index is -4.53. The van der Waals surface area contributed by atoms with Gasteiger partial charge in [-0.25, -0.2) is 16.8 Å². The number of carbonyl (C=O) groups excluding carboxylic acids is 2. The fourth-order valence-corrected chi connectivity index (χ4v) is 4.25. The van der Waals surface area contributed by atoms with E-state index in [0.717, 1.165) is 62.8 Å². The van der Waals surface area contributed by atoms with Gasteiger partial charge in [0, 0.05) is 12.8 Å². The Bertz CT molecular complexity index is 1120. The molecular formula is C24H28Na2O10S2. The molecule has 0 unspecified atom stereocenters. The van der Waals surface area contributed by atoms with Crippen molar-refractivity contribution in [3.63, 3.8) is 0 Å². The Labute approximate surface area is 268 Å². The molecule has 0 saturated carbocycles. The zero-order chi connectivity index (χ0) is 26.6. The van der Waals surface area contributed by atoms with Gasteiger partial charge < -0.3 is 18.6 Å². The average molecular weight is 587 g/mol. The molecule has 0 bridgehead atoms. The zero-order valence-electron chi connectivity index (χ0n) is 21.6. The predicted molar refractivity (Wildman–Crippen MR) is 126 cm³/mol. The van der Waals surface area contributed by atoms with Crippen molar-refractivity contribution < 1.29 is 104 Å². The summed E-state index contributed by atoms with van der Waals surface area (Å²) >= 11 is 0. The van der Waals surface area contributed by atoms with Crippen LogP contribution in [-0.4, -0.2) is 37.9 Å². The molecule has 0 amide bonds. The number of carbonyl (C=O) groups is 2. The van der Waals surface area contributed by atoms with Crippen molar-refractivity contribution in [2.75, 3.05) is 0 Å². The van der Waals surface area contributed by atoms with Crippen LogP contribution in [0.1, 0.15) is 64.2 Å². The second kappa shape index (κ2) is 18.5. The van der Waals surface area contributed by atoms with Gasteiger partial charge in [-0.2, -0.15) is 0 Å². The third-order valence-electron chi connectivity index (χ3n) is 5.20. The second-order valence-corrected chi connectivity index (χ2v) is 10.9. The molecule has 0 atom stereocenters. The summed E-state index contributed by atoms with van der Waals surface area (Å²) in [5.74, 6) is -0.482. The Morgan fingerprint density at radius 2 is 0.789 bits per heavy atom. The average Bonchev–Trinajstić information content (AvgIpc) is 2.80. The quantitative estimate of drug-likeness (QED) is 0.0743. The molecule has 0 saturated heterocycles. The van der Waals surface area contributed by atoms with E-state index in [1.54, 1.807) is 0 Å². The topological polar surface area (TPSA) is 167 Å². The van der Waals surface area contributed by atoms with Crippen LogP contribution in [0.5, 0.6) is 11.5 Å². The van der Waals surface area contributed by atoms with Gasteiger partial charge >= 0.3 is 71.1 Å². The molecule has 0 aromatic heterocycles. The maximum atomic E-state index is 11.8. The van der Waals surface area contributed by atoms with E-state index in [0.29, 0.717) is 12.8 Å². The molecule has 0 aliphatic carbocycles. The number of unbranched alkanes of at least 4 members (excludes halogenated alkanes) is 7. The van der Waals surface area contributed by atoms with Crippen molar-refractivity contribution in [3.8, 4) is 11.5 Å². The third-order valence-corrected chi connectivity index (χ3v) is 6.90. The first-order valence-corrected chi connectivity index (χ1v) is 14.3. The summed E-state index contributed by atoms with van der Waals surface area (Å²) in [5, 5.41) is 0. The first-order chi connectivity index (χ1) is 16.9. The maximum absolute atomic E-state index is 11.8. The van der Waals surface area contributed by atoms with E-state index in [9.17, 15) is 35.5 Å². The number of esters is 2. The van der Waals surface area contributed by atoms with Crippen LogP contribution in [0.15, 0.2) is 58.3 Å². The van der Waals surface area contributed by atoms with E-state index in [1.807, 2.05) is 0 Å².